The molecule has 0 bridgehead atoms. The minimum absolute atomic E-state index is 0.0533. The predicted octanol–water partition coefficient (Wildman–Crippen LogP) is 0.685. The van der Waals surface area contributed by atoms with E-state index in [2.05, 4.69) is 50.6 Å². The van der Waals surface area contributed by atoms with Gasteiger partial charge in [0.1, 0.15) is 0 Å². The smallest absolute Gasteiger partial charge is 0.258 e. The predicted molar refractivity (Wildman–Crippen MR) is 85.9 cm³/mol. The molecule has 1 aromatic carbocycles. The van der Waals surface area contributed by atoms with Crippen molar-refractivity contribution in [3.63, 3.8) is 0 Å². The third-order valence-corrected chi connectivity index (χ3v) is 3.92. The molecule has 1 aliphatic rings. The lowest BCUT2D eigenvalue weighted by molar-refractivity contribution is -0.884. The first-order valence-electron chi connectivity index (χ1n) is 7.69. The largest absolute Gasteiger partial charge is 0.335 e. The fourth-order valence-electron chi connectivity index (χ4n) is 2.36. The zero-order chi connectivity index (χ0) is 15.2. The number of carbonyl (C=O) groups is 1. The maximum absolute atomic E-state index is 11.9. The molecular weight excluding hydrogens is 262 g/mol. The van der Waals surface area contributed by atoms with Crippen molar-refractivity contribution < 1.29 is 9.69 Å². The van der Waals surface area contributed by atoms with E-state index in [0.29, 0.717) is 5.92 Å². The summed E-state index contributed by atoms with van der Waals surface area (Å²) in [7, 11) is 2.18. The van der Waals surface area contributed by atoms with Gasteiger partial charge in [-0.05, 0) is 23.1 Å². The zero-order valence-corrected chi connectivity index (χ0v) is 13.2. The maximum Gasteiger partial charge on any atom is 0.258 e. The van der Waals surface area contributed by atoms with Crippen molar-refractivity contribution in [3.8, 4) is 0 Å². The average Bonchev–Trinajstić information content (AvgIpc) is 2.48. The summed E-state index contributed by atoms with van der Waals surface area (Å²) in [5, 5.41) is 2.00. The Hall–Kier alpha value is -1.65. The summed E-state index contributed by atoms with van der Waals surface area (Å²) < 4.78 is 0. The Labute approximate surface area is 127 Å². The third kappa shape index (κ3) is 4.99. The number of benzene rings is 1. The second-order valence-corrected chi connectivity index (χ2v) is 6.07. The highest BCUT2D eigenvalue weighted by Gasteiger charge is 2.17. The summed E-state index contributed by atoms with van der Waals surface area (Å²) in [4.78, 5) is 13.4. The topological polar surface area (TPSA) is 36.8 Å². The Morgan fingerprint density at radius 3 is 2.43 bits per heavy atom. The number of piperazine rings is 1. The summed E-state index contributed by atoms with van der Waals surface area (Å²) in [5.41, 5.74) is 5.30. The molecule has 2 N–H and O–H groups in total. The van der Waals surface area contributed by atoms with E-state index in [1.54, 1.807) is 6.08 Å². The highest BCUT2D eigenvalue weighted by Crippen LogP contribution is 2.15. The fraction of sp³-hybridized carbons (Fsp3) is 0.471. The number of carbonyl (C=O) groups excluding carboxylic acids is 1. The van der Waals surface area contributed by atoms with E-state index in [1.807, 2.05) is 11.1 Å². The van der Waals surface area contributed by atoms with Crippen LogP contribution in [-0.4, -0.2) is 44.1 Å². The van der Waals surface area contributed by atoms with Gasteiger partial charge in [-0.2, -0.15) is 0 Å². The lowest BCUT2D eigenvalue weighted by Gasteiger charge is -2.29. The van der Waals surface area contributed by atoms with Crippen LogP contribution in [-0.2, 0) is 4.79 Å². The molecule has 4 heteroatoms. The van der Waals surface area contributed by atoms with Crippen LogP contribution in [0.25, 0.3) is 6.08 Å². The van der Waals surface area contributed by atoms with Gasteiger partial charge in [-0.3, -0.25) is 10.2 Å². The van der Waals surface area contributed by atoms with Gasteiger partial charge < -0.3 is 4.90 Å². The average molecular weight is 288 g/mol. The van der Waals surface area contributed by atoms with Crippen molar-refractivity contribution in [2.45, 2.75) is 19.8 Å². The molecule has 0 aromatic heterocycles. The zero-order valence-electron chi connectivity index (χ0n) is 13.2. The number of amides is 1. The van der Waals surface area contributed by atoms with Gasteiger partial charge in [-0.25, -0.2) is 5.01 Å². The number of quaternary nitrogens is 1. The van der Waals surface area contributed by atoms with Gasteiger partial charge in [0.2, 0.25) is 0 Å². The second kappa shape index (κ2) is 7.38. The standard InChI is InChI=1S/C17H25N3O/c1-14(2)16-7-4-15(5-8-16)6-9-17(21)18-20-12-10-19(3)11-13-20/h4-9,14H,10-13H2,1-3H3,(H,18,21)/p+1/b9-6+. The SMILES string of the molecule is CC(C)c1ccc(/C=C/C(=O)NN2CC[NH+](C)CC2)cc1. The van der Waals surface area contributed by atoms with E-state index in [-0.39, 0.29) is 5.91 Å². The molecule has 1 heterocycles. The number of hydrogen-bond donors (Lipinski definition) is 2. The van der Waals surface area contributed by atoms with E-state index < -0.39 is 0 Å². The van der Waals surface area contributed by atoms with Crippen LogP contribution < -0.4 is 10.3 Å². The van der Waals surface area contributed by atoms with Crippen molar-refractivity contribution in [1.82, 2.24) is 10.4 Å². The minimum atomic E-state index is -0.0533. The molecule has 0 aliphatic carbocycles. The molecule has 1 aliphatic heterocycles. The molecular formula is C17H26N3O+. The quantitative estimate of drug-likeness (QED) is 0.800. The van der Waals surface area contributed by atoms with Crippen molar-refractivity contribution >= 4 is 12.0 Å². The van der Waals surface area contributed by atoms with Crippen molar-refractivity contribution in [3.05, 3.63) is 41.5 Å². The summed E-state index contributed by atoms with van der Waals surface area (Å²) >= 11 is 0. The summed E-state index contributed by atoms with van der Waals surface area (Å²) in [5.74, 6) is 0.480. The summed E-state index contributed by atoms with van der Waals surface area (Å²) in [6.07, 6.45) is 3.47. The monoisotopic (exact) mass is 288 g/mol. The molecule has 1 amide bonds. The minimum Gasteiger partial charge on any atom is -0.335 e. The summed E-state index contributed by atoms with van der Waals surface area (Å²) in [6, 6.07) is 8.34. The number of likely N-dealkylation sites (N-methyl/N-ethyl adjacent to an activating group) is 1. The van der Waals surface area contributed by atoms with Gasteiger partial charge in [0.15, 0.2) is 0 Å². The van der Waals surface area contributed by atoms with E-state index in [1.165, 1.54) is 10.5 Å². The lowest BCUT2D eigenvalue weighted by atomic mass is 10.0. The maximum atomic E-state index is 11.9. The van der Waals surface area contributed by atoms with E-state index in [9.17, 15) is 4.79 Å². The molecule has 1 fully saturated rings. The lowest BCUT2D eigenvalue weighted by Crippen LogP contribution is -3.12. The van der Waals surface area contributed by atoms with Crippen molar-refractivity contribution in [2.24, 2.45) is 0 Å². The van der Waals surface area contributed by atoms with Crippen LogP contribution >= 0.6 is 0 Å². The van der Waals surface area contributed by atoms with Crippen LogP contribution in [0.4, 0.5) is 0 Å². The fourth-order valence-corrected chi connectivity index (χ4v) is 2.36. The van der Waals surface area contributed by atoms with Crippen LogP contribution in [0, 0.1) is 0 Å². The normalized spacial score (nSPS) is 17.5. The highest BCUT2D eigenvalue weighted by atomic mass is 16.2. The summed E-state index contributed by atoms with van der Waals surface area (Å²) in [6.45, 7) is 8.32. The second-order valence-electron chi connectivity index (χ2n) is 6.07. The number of nitrogens with zero attached hydrogens (tertiary/aromatic N) is 1. The van der Waals surface area contributed by atoms with Gasteiger partial charge in [0.25, 0.3) is 5.91 Å². The van der Waals surface area contributed by atoms with E-state index in [0.717, 1.165) is 31.7 Å². The number of hydrazine groups is 1. The van der Waals surface area contributed by atoms with Crippen LogP contribution in [0.5, 0.6) is 0 Å². The molecule has 0 radical (unpaired) electrons. The van der Waals surface area contributed by atoms with Crippen molar-refractivity contribution in [2.75, 3.05) is 33.2 Å². The number of hydrogen-bond acceptors (Lipinski definition) is 2. The number of rotatable bonds is 4. The Bertz CT molecular complexity index is 485. The first kappa shape index (κ1) is 15.7. The van der Waals surface area contributed by atoms with Gasteiger partial charge in [-0.1, -0.05) is 38.1 Å². The molecule has 114 valence electrons. The molecule has 1 aromatic rings. The van der Waals surface area contributed by atoms with Crippen molar-refractivity contribution in [1.29, 1.82) is 0 Å². The molecule has 1 saturated heterocycles. The van der Waals surface area contributed by atoms with Gasteiger partial charge in [0.05, 0.1) is 33.2 Å². The van der Waals surface area contributed by atoms with Gasteiger partial charge in [-0.15, -0.1) is 0 Å². The van der Waals surface area contributed by atoms with E-state index in [4.69, 9.17) is 0 Å². The van der Waals surface area contributed by atoms with Crippen LogP contribution in [0.15, 0.2) is 30.3 Å². The molecule has 2 rings (SSSR count). The Morgan fingerprint density at radius 1 is 1.24 bits per heavy atom. The molecule has 0 atom stereocenters. The first-order valence-corrected chi connectivity index (χ1v) is 7.69. The number of nitrogens with one attached hydrogen (secondary N) is 2. The van der Waals surface area contributed by atoms with Crippen LogP contribution in [0.3, 0.4) is 0 Å². The van der Waals surface area contributed by atoms with Gasteiger partial charge in [0, 0.05) is 6.08 Å². The Morgan fingerprint density at radius 2 is 1.86 bits per heavy atom. The Kier molecular flexibility index (Phi) is 5.53. The molecule has 0 unspecified atom stereocenters. The highest BCUT2D eigenvalue weighted by molar-refractivity contribution is 5.91. The van der Waals surface area contributed by atoms with Gasteiger partial charge >= 0.3 is 0 Å². The molecule has 21 heavy (non-hydrogen) atoms. The van der Waals surface area contributed by atoms with Crippen LogP contribution in [0.1, 0.15) is 30.9 Å². The van der Waals surface area contributed by atoms with E-state index >= 15 is 0 Å². The molecule has 0 saturated carbocycles. The van der Waals surface area contributed by atoms with Crippen LogP contribution in [0.2, 0.25) is 0 Å². The molecule has 0 spiro atoms. The third-order valence-electron chi connectivity index (χ3n) is 3.92. The first-order chi connectivity index (χ1) is 10.0. The molecule has 4 nitrogen and oxygen atoms in total. The Balaban J connectivity index is 1.84.